The minimum absolute atomic E-state index is 0.0893. The summed E-state index contributed by atoms with van der Waals surface area (Å²) in [5.41, 5.74) is 1.05. The number of non-ortho nitro benzene ring substituents is 1. The molecule has 1 aromatic rings. The van der Waals surface area contributed by atoms with Crippen LogP contribution in [0.5, 0.6) is 0 Å². The van der Waals surface area contributed by atoms with E-state index in [0.29, 0.717) is 6.42 Å². The smallest absolute Gasteiger partial charge is 0.269 e. The van der Waals surface area contributed by atoms with Gasteiger partial charge in [0, 0.05) is 30.8 Å². The van der Waals surface area contributed by atoms with E-state index in [4.69, 9.17) is 5.11 Å². The first-order valence-corrected chi connectivity index (χ1v) is 6.69. The Labute approximate surface area is 113 Å². The Hall–Kier alpha value is -1.46. The number of nitrogens with one attached hydrogen (secondary N) is 1. The summed E-state index contributed by atoms with van der Waals surface area (Å²) in [6, 6.07) is 7.02. The Morgan fingerprint density at radius 3 is 2.74 bits per heavy atom. The Morgan fingerprint density at radius 2 is 2.16 bits per heavy atom. The fourth-order valence-electron chi connectivity index (χ4n) is 2.11. The summed E-state index contributed by atoms with van der Waals surface area (Å²) in [7, 11) is 0. The van der Waals surface area contributed by atoms with Crippen LogP contribution in [-0.4, -0.2) is 22.7 Å². The van der Waals surface area contributed by atoms with E-state index in [1.165, 1.54) is 6.07 Å². The van der Waals surface area contributed by atoms with Crippen LogP contribution >= 0.6 is 0 Å². The molecule has 5 heteroatoms. The van der Waals surface area contributed by atoms with Crippen molar-refractivity contribution in [1.29, 1.82) is 0 Å². The molecule has 1 aromatic carbocycles. The lowest BCUT2D eigenvalue weighted by atomic mass is 10.0. The molecule has 0 aliphatic heterocycles. The number of rotatable bonds is 8. The average Bonchev–Trinajstić information content (AvgIpc) is 2.38. The van der Waals surface area contributed by atoms with Gasteiger partial charge in [-0.05, 0) is 25.3 Å². The largest absolute Gasteiger partial charge is 0.396 e. The molecule has 0 heterocycles. The van der Waals surface area contributed by atoms with Gasteiger partial charge >= 0.3 is 0 Å². The number of hydrogen-bond donors (Lipinski definition) is 2. The maximum Gasteiger partial charge on any atom is 0.269 e. The van der Waals surface area contributed by atoms with Crippen LogP contribution in [0.4, 0.5) is 5.69 Å². The van der Waals surface area contributed by atoms with Crippen LogP contribution in [0, 0.1) is 10.1 Å². The van der Waals surface area contributed by atoms with Crippen molar-refractivity contribution in [2.24, 2.45) is 0 Å². The summed E-state index contributed by atoms with van der Waals surface area (Å²) in [4.78, 5) is 10.4. The van der Waals surface area contributed by atoms with E-state index in [1.54, 1.807) is 12.1 Å². The van der Waals surface area contributed by atoms with E-state index in [1.807, 2.05) is 13.0 Å². The third kappa shape index (κ3) is 4.96. The van der Waals surface area contributed by atoms with Gasteiger partial charge in [0.2, 0.25) is 0 Å². The normalized spacial score (nSPS) is 14.1. The van der Waals surface area contributed by atoms with Gasteiger partial charge in [0.15, 0.2) is 0 Å². The second kappa shape index (κ2) is 7.86. The number of nitro groups is 1. The zero-order chi connectivity index (χ0) is 14.3. The van der Waals surface area contributed by atoms with E-state index in [2.05, 4.69) is 12.2 Å². The van der Waals surface area contributed by atoms with Crippen molar-refractivity contribution in [3.05, 3.63) is 39.9 Å². The molecule has 0 aliphatic carbocycles. The van der Waals surface area contributed by atoms with E-state index in [0.717, 1.165) is 18.4 Å². The molecule has 2 unspecified atom stereocenters. The molecule has 0 radical (unpaired) electrons. The lowest BCUT2D eigenvalue weighted by Crippen LogP contribution is -2.31. The van der Waals surface area contributed by atoms with Crippen LogP contribution in [0.15, 0.2) is 24.3 Å². The van der Waals surface area contributed by atoms with Crippen molar-refractivity contribution in [2.75, 3.05) is 6.61 Å². The Kier molecular flexibility index (Phi) is 6.45. The number of benzene rings is 1. The van der Waals surface area contributed by atoms with Crippen molar-refractivity contribution >= 4 is 5.69 Å². The highest BCUT2D eigenvalue weighted by molar-refractivity contribution is 5.35. The minimum Gasteiger partial charge on any atom is -0.396 e. The molecular weight excluding hydrogens is 244 g/mol. The molecule has 5 nitrogen and oxygen atoms in total. The second-order valence-electron chi connectivity index (χ2n) is 4.77. The van der Waals surface area contributed by atoms with Crippen LogP contribution in [0.3, 0.4) is 0 Å². The summed E-state index contributed by atoms with van der Waals surface area (Å²) in [5, 5.41) is 23.2. The SMILES string of the molecule is CCCC(NC(C)CCO)c1cccc([N+](=O)[O-])c1. The van der Waals surface area contributed by atoms with Gasteiger partial charge in [0.25, 0.3) is 5.69 Å². The van der Waals surface area contributed by atoms with Gasteiger partial charge in [-0.3, -0.25) is 10.1 Å². The molecule has 0 amide bonds. The monoisotopic (exact) mass is 266 g/mol. The van der Waals surface area contributed by atoms with E-state index in [-0.39, 0.29) is 29.3 Å². The zero-order valence-corrected chi connectivity index (χ0v) is 11.5. The predicted octanol–water partition coefficient (Wildman–Crippen LogP) is 2.80. The molecule has 0 bridgehead atoms. The van der Waals surface area contributed by atoms with Gasteiger partial charge < -0.3 is 10.4 Å². The molecule has 19 heavy (non-hydrogen) atoms. The van der Waals surface area contributed by atoms with Gasteiger partial charge in [0.05, 0.1) is 4.92 Å². The number of aliphatic hydroxyl groups is 1. The number of aliphatic hydroxyl groups excluding tert-OH is 1. The van der Waals surface area contributed by atoms with Crippen molar-refractivity contribution in [3.8, 4) is 0 Å². The highest BCUT2D eigenvalue weighted by Crippen LogP contribution is 2.23. The summed E-state index contributed by atoms with van der Waals surface area (Å²) >= 11 is 0. The molecule has 0 aliphatic rings. The van der Waals surface area contributed by atoms with Crippen LogP contribution in [0.2, 0.25) is 0 Å². The van der Waals surface area contributed by atoms with Gasteiger partial charge in [-0.15, -0.1) is 0 Å². The number of nitrogens with zero attached hydrogens (tertiary/aromatic N) is 1. The highest BCUT2D eigenvalue weighted by atomic mass is 16.6. The molecule has 0 saturated carbocycles. The van der Waals surface area contributed by atoms with Crippen molar-refractivity contribution < 1.29 is 10.0 Å². The van der Waals surface area contributed by atoms with Gasteiger partial charge in [-0.2, -0.15) is 0 Å². The molecular formula is C14H22N2O3. The fourth-order valence-corrected chi connectivity index (χ4v) is 2.11. The van der Waals surface area contributed by atoms with Crippen molar-refractivity contribution in [3.63, 3.8) is 0 Å². The third-order valence-corrected chi connectivity index (χ3v) is 3.11. The summed E-state index contributed by atoms with van der Waals surface area (Å²) in [5.74, 6) is 0. The van der Waals surface area contributed by atoms with Gasteiger partial charge in [-0.1, -0.05) is 25.5 Å². The van der Waals surface area contributed by atoms with Gasteiger partial charge in [-0.25, -0.2) is 0 Å². The molecule has 2 N–H and O–H groups in total. The van der Waals surface area contributed by atoms with Crippen LogP contribution in [-0.2, 0) is 0 Å². The molecule has 0 aromatic heterocycles. The summed E-state index contributed by atoms with van der Waals surface area (Å²) in [6.45, 7) is 4.24. The highest BCUT2D eigenvalue weighted by Gasteiger charge is 2.16. The number of hydrogen-bond acceptors (Lipinski definition) is 4. The first kappa shape index (κ1) is 15.6. The maximum atomic E-state index is 10.8. The third-order valence-electron chi connectivity index (χ3n) is 3.11. The topological polar surface area (TPSA) is 75.4 Å². The van der Waals surface area contributed by atoms with Crippen molar-refractivity contribution in [1.82, 2.24) is 5.32 Å². The average molecular weight is 266 g/mol. The maximum absolute atomic E-state index is 10.8. The van der Waals surface area contributed by atoms with E-state index >= 15 is 0 Å². The van der Waals surface area contributed by atoms with Crippen LogP contribution in [0.25, 0.3) is 0 Å². The lowest BCUT2D eigenvalue weighted by Gasteiger charge is -2.23. The molecule has 106 valence electrons. The van der Waals surface area contributed by atoms with Crippen LogP contribution < -0.4 is 5.32 Å². The predicted molar refractivity (Wildman–Crippen MR) is 75.0 cm³/mol. The molecule has 2 atom stereocenters. The molecule has 0 fully saturated rings. The van der Waals surface area contributed by atoms with Crippen LogP contribution in [0.1, 0.15) is 44.7 Å². The quantitative estimate of drug-likeness (QED) is 0.560. The van der Waals surface area contributed by atoms with Gasteiger partial charge in [0.1, 0.15) is 0 Å². The first-order valence-electron chi connectivity index (χ1n) is 6.69. The minimum atomic E-state index is -0.371. The van der Waals surface area contributed by atoms with Crippen molar-refractivity contribution in [2.45, 2.75) is 45.2 Å². The lowest BCUT2D eigenvalue weighted by molar-refractivity contribution is -0.384. The van der Waals surface area contributed by atoms with E-state index in [9.17, 15) is 10.1 Å². The standard InChI is InChI=1S/C14H22N2O3/c1-3-5-14(15-11(2)8-9-17)12-6-4-7-13(10-12)16(18)19/h4,6-7,10-11,14-15,17H,3,5,8-9H2,1-2H3. The Bertz CT molecular complexity index is 409. The van der Waals surface area contributed by atoms with E-state index < -0.39 is 0 Å². The summed E-state index contributed by atoms with van der Waals surface area (Å²) in [6.07, 6.45) is 2.58. The Balaban J connectivity index is 2.85. The fraction of sp³-hybridized carbons (Fsp3) is 0.571. The molecule has 0 saturated heterocycles. The summed E-state index contributed by atoms with van der Waals surface area (Å²) < 4.78 is 0. The number of nitro benzene ring substituents is 1. The first-order chi connectivity index (χ1) is 9.08. The zero-order valence-electron chi connectivity index (χ0n) is 11.5. The molecule has 1 rings (SSSR count). The molecule has 0 spiro atoms. The second-order valence-corrected chi connectivity index (χ2v) is 4.77. The Morgan fingerprint density at radius 1 is 1.42 bits per heavy atom.